The van der Waals surface area contributed by atoms with Crippen LogP contribution < -0.4 is 10.6 Å². The topological polar surface area (TPSA) is 102 Å². The first-order valence-electron chi connectivity index (χ1n) is 8.73. The van der Waals surface area contributed by atoms with E-state index in [0.29, 0.717) is 13.0 Å². The second-order valence-corrected chi connectivity index (χ2v) is 6.64. The Morgan fingerprint density at radius 3 is 2.96 bits per heavy atom. The molecule has 0 saturated carbocycles. The maximum absolute atomic E-state index is 12.9. The number of benzene rings is 1. The molecule has 1 aliphatic heterocycles. The van der Waals surface area contributed by atoms with Crippen LogP contribution in [0.3, 0.4) is 0 Å². The third-order valence-corrected chi connectivity index (χ3v) is 4.91. The van der Waals surface area contributed by atoms with Gasteiger partial charge in [-0.2, -0.15) is 5.10 Å². The Morgan fingerprint density at radius 2 is 2.31 bits per heavy atom. The molecule has 1 unspecified atom stereocenters. The Bertz CT molecular complexity index is 804. The lowest BCUT2D eigenvalue weighted by atomic mass is 9.89. The first kappa shape index (κ1) is 18.1. The summed E-state index contributed by atoms with van der Waals surface area (Å²) >= 11 is 0. The summed E-state index contributed by atoms with van der Waals surface area (Å²) in [6.45, 7) is 3.30. The van der Waals surface area contributed by atoms with Crippen LogP contribution in [0.5, 0.6) is 0 Å². The number of rotatable bonds is 6. The Balaban J connectivity index is 1.74. The van der Waals surface area contributed by atoms with Crippen molar-refractivity contribution >= 4 is 11.6 Å². The van der Waals surface area contributed by atoms with Gasteiger partial charge in [-0.15, -0.1) is 0 Å². The van der Waals surface area contributed by atoms with Crippen molar-refractivity contribution in [1.29, 1.82) is 0 Å². The smallest absolute Gasteiger partial charge is 0.269 e. The van der Waals surface area contributed by atoms with Crippen LogP contribution in [0.2, 0.25) is 0 Å². The lowest BCUT2D eigenvalue weighted by Crippen LogP contribution is -2.36. The molecule has 0 spiro atoms. The van der Waals surface area contributed by atoms with Gasteiger partial charge in [0, 0.05) is 44.4 Å². The number of aromatic nitrogens is 2. The minimum atomic E-state index is -0.419. The van der Waals surface area contributed by atoms with Crippen LogP contribution in [0, 0.1) is 16.0 Å². The Labute approximate surface area is 151 Å². The van der Waals surface area contributed by atoms with E-state index >= 15 is 0 Å². The molecule has 1 saturated heterocycles. The molecule has 0 aliphatic carbocycles. The van der Waals surface area contributed by atoms with Crippen molar-refractivity contribution in [2.24, 2.45) is 13.0 Å². The summed E-state index contributed by atoms with van der Waals surface area (Å²) in [5.74, 6) is -0.152. The number of nitrogens with one attached hydrogen (secondary N) is 2. The molecule has 8 heteroatoms. The van der Waals surface area contributed by atoms with Crippen molar-refractivity contribution in [3.05, 3.63) is 57.9 Å². The lowest BCUT2D eigenvalue weighted by Gasteiger charge is -2.22. The summed E-state index contributed by atoms with van der Waals surface area (Å²) in [5.41, 5.74) is 1.82. The van der Waals surface area contributed by atoms with E-state index in [1.54, 1.807) is 16.9 Å². The fourth-order valence-electron chi connectivity index (χ4n) is 3.49. The summed E-state index contributed by atoms with van der Waals surface area (Å²) < 4.78 is 1.74. The van der Waals surface area contributed by atoms with Gasteiger partial charge in [0.1, 0.15) is 0 Å². The number of hydrogen-bond donors (Lipinski definition) is 2. The van der Waals surface area contributed by atoms with Gasteiger partial charge in [-0.1, -0.05) is 19.1 Å². The van der Waals surface area contributed by atoms with Gasteiger partial charge >= 0.3 is 0 Å². The molecule has 1 fully saturated rings. The number of amides is 1. The highest BCUT2D eigenvalue weighted by atomic mass is 16.6. The van der Waals surface area contributed by atoms with Gasteiger partial charge in [-0.25, -0.2) is 0 Å². The highest BCUT2D eigenvalue weighted by Crippen LogP contribution is 2.29. The molecule has 8 nitrogen and oxygen atoms in total. The van der Waals surface area contributed by atoms with Crippen LogP contribution in [0.25, 0.3) is 0 Å². The van der Waals surface area contributed by atoms with Gasteiger partial charge in [0.05, 0.1) is 23.1 Å². The predicted octanol–water partition coefficient (Wildman–Crippen LogP) is 1.90. The largest absolute Gasteiger partial charge is 0.349 e. The van der Waals surface area contributed by atoms with Gasteiger partial charge in [-0.05, 0) is 17.5 Å². The van der Waals surface area contributed by atoms with Crippen LogP contribution in [0.15, 0.2) is 36.7 Å². The monoisotopic (exact) mass is 357 g/mol. The van der Waals surface area contributed by atoms with Crippen molar-refractivity contribution in [1.82, 2.24) is 20.4 Å². The first-order chi connectivity index (χ1) is 12.5. The molecule has 1 aromatic heterocycles. The third kappa shape index (κ3) is 3.75. The molecule has 2 heterocycles. The normalized spacial score (nSPS) is 20.7. The standard InChI is InChI=1S/C18H23N5O3/c1-3-17(12-5-4-6-14(7-12)23(25)26)21-18(24)16-10-19-9-15(16)13-8-20-22(2)11-13/h4-8,11,15-17,19H,3,9-10H2,1-2H3,(H,21,24)/t15-,16+,17?/m1/s1. The Hall–Kier alpha value is -2.74. The van der Waals surface area contributed by atoms with Crippen molar-refractivity contribution in [2.75, 3.05) is 13.1 Å². The van der Waals surface area contributed by atoms with Gasteiger partial charge < -0.3 is 10.6 Å². The number of carbonyl (C=O) groups is 1. The van der Waals surface area contributed by atoms with Crippen LogP contribution in [-0.2, 0) is 11.8 Å². The lowest BCUT2D eigenvalue weighted by molar-refractivity contribution is -0.384. The second kappa shape index (κ2) is 7.65. The first-order valence-corrected chi connectivity index (χ1v) is 8.73. The molecule has 138 valence electrons. The van der Waals surface area contributed by atoms with E-state index < -0.39 is 4.92 Å². The van der Waals surface area contributed by atoms with Crippen molar-refractivity contribution in [3.63, 3.8) is 0 Å². The van der Waals surface area contributed by atoms with Crippen molar-refractivity contribution in [2.45, 2.75) is 25.3 Å². The minimum Gasteiger partial charge on any atom is -0.349 e. The third-order valence-electron chi connectivity index (χ3n) is 4.91. The molecule has 2 N–H and O–H groups in total. The zero-order valence-electron chi connectivity index (χ0n) is 14.9. The second-order valence-electron chi connectivity index (χ2n) is 6.64. The quantitative estimate of drug-likeness (QED) is 0.607. The maximum Gasteiger partial charge on any atom is 0.269 e. The van der Waals surface area contributed by atoms with Crippen molar-refractivity contribution in [3.8, 4) is 0 Å². The average Bonchev–Trinajstić information content (AvgIpc) is 3.28. The molecule has 0 bridgehead atoms. The number of non-ortho nitro benzene ring substituents is 1. The van der Waals surface area contributed by atoms with E-state index in [2.05, 4.69) is 15.7 Å². The van der Waals surface area contributed by atoms with Crippen LogP contribution in [0.1, 0.15) is 36.4 Å². The van der Waals surface area contributed by atoms with E-state index in [4.69, 9.17) is 0 Å². The summed E-state index contributed by atoms with van der Waals surface area (Å²) in [7, 11) is 1.86. The molecule has 1 aromatic carbocycles. The SMILES string of the molecule is CCC(NC(=O)[C@H]1CNC[C@@H]1c1cnn(C)c1)c1cccc([N+](=O)[O-])c1. The van der Waals surface area contributed by atoms with Gasteiger partial charge in [0.2, 0.25) is 5.91 Å². The van der Waals surface area contributed by atoms with Crippen LogP contribution in [-0.4, -0.2) is 33.7 Å². The number of carbonyl (C=O) groups excluding carboxylic acids is 1. The van der Waals surface area contributed by atoms with Gasteiger partial charge in [-0.3, -0.25) is 19.6 Å². The zero-order valence-corrected chi connectivity index (χ0v) is 14.9. The van der Waals surface area contributed by atoms with Gasteiger partial charge in [0.15, 0.2) is 0 Å². The molecule has 1 amide bonds. The summed E-state index contributed by atoms with van der Waals surface area (Å²) in [6.07, 6.45) is 4.40. The fourth-order valence-corrected chi connectivity index (χ4v) is 3.49. The molecular weight excluding hydrogens is 334 g/mol. The van der Waals surface area contributed by atoms with E-state index in [-0.39, 0.29) is 29.5 Å². The number of nitro benzene ring substituents is 1. The molecule has 2 aromatic rings. The summed E-state index contributed by atoms with van der Waals surface area (Å²) in [6, 6.07) is 6.19. The highest BCUT2D eigenvalue weighted by molar-refractivity contribution is 5.81. The molecule has 0 radical (unpaired) electrons. The van der Waals surface area contributed by atoms with E-state index in [1.165, 1.54) is 12.1 Å². The van der Waals surface area contributed by atoms with Gasteiger partial charge in [0.25, 0.3) is 5.69 Å². The number of hydrogen-bond acceptors (Lipinski definition) is 5. The Kier molecular flexibility index (Phi) is 5.32. The molecule has 3 atom stereocenters. The van der Waals surface area contributed by atoms with E-state index in [9.17, 15) is 14.9 Å². The van der Waals surface area contributed by atoms with E-state index in [0.717, 1.165) is 17.7 Å². The highest BCUT2D eigenvalue weighted by Gasteiger charge is 2.35. The maximum atomic E-state index is 12.9. The predicted molar refractivity (Wildman–Crippen MR) is 96.6 cm³/mol. The van der Waals surface area contributed by atoms with Crippen LogP contribution in [0.4, 0.5) is 5.69 Å². The molecule has 26 heavy (non-hydrogen) atoms. The average molecular weight is 357 g/mol. The number of aryl methyl sites for hydroxylation is 1. The molecule has 1 aliphatic rings. The van der Waals surface area contributed by atoms with E-state index in [1.807, 2.05) is 26.2 Å². The number of nitrogens with zero attached hydrogens (tertiary/aromatic N) is 3. The fraction of sp³-hybridized carbons (Fsp3) is 0.444. The molecular formula is C18H23N5O3. The summed E-state index contributed by atoms with van der Waals surface area (Å²) in [5, 5.41) is 21.5. The minimum absolute atomic E-state index is 0.0333. The Morgan fingerprint density at radius 1 is 1.50 bits per heavy atom. The zero-order chi connectivity index (χ0) is 18.7. The summed E-state index contributed by atoms with van der Waals surface area (Å²) in [4.78, 5) is 23.5. The molecule has 3 rings (SSSR count). The van der Waals surface area contributed by atoms with Crippen molar-refractivity contribution < 1.29 is 9.72 Å². The van der Waals surface area contributed by atoms with Crippen LogP contribution >= 0.6 is 0 Å². The number of nitro groups is 1.